The van der Waals surface area contributed by atoms with Gasteiger partial charge in [-0.2, -0.15) is 16.7 Å². The number of aryl methyl sites for hydroxylation is 1. The van der Waals surface area contributed by atoms with Gasteiger partial charge in [0.05, 0.1) is 17.1 Å². The third-order valence-electron chi connectivity index (χ3n) is 5.17. The molecule has 0 spiro atoms. The van der Waals surface area contributed by atoms with Gasteiger partial charge in [0, 0.05) is 36.5 Å². The van der Waals surface area contributed by atoms with Crippen molar-refractivity contribution >= 4 is 39.2 Å². The molecule has 1 aromatic heterocycles. The van der Waals surface area contributed by atoms with Gasteiger partial charge in [-0.15, -0.1) is 0 Å². The third-order valence-corrected chi connectivity index (χ3v) is 7.16. The van der Waals surface area contributed by atoms with E-state index in [4.69, 9.17) is 5.14 Å². The highest BCUT2D eigenvalue weighted by atomic mass is 32.2. The molecule has 1 fully saturated rings. The molecule has 174 valence electrons. The van der Waals surface area contributed by atoms with E-state index in [0.29, 0.717) is 11.3 Å². The van der Waals surface area contributed by atoms with Crippen LogP contribution in [0, 0.1) is 12.7 Å². The van der Waals surface area contributed by atoms with Crippen LogP contribution < -0.4 is 15.8 Å². The lowest BCUT2D eigenvalue weighted by Crippen LogP contribution is -2.28. The Morgan fingerprint density at radius 3 is 2.67 bits per heavy atom. The standard InChI is InChI=1S/C22H25FN6O2S2/c1-15-2-5-18(12-20(15)33(24,30)31)27-22-25-13-19(23)21(28-22)26-17-6-3-16(4-7-17)14-29-8-10-32-11-9-29/h2-7,12-14,17H,8-11H2,1H3,(H2,24,30,31)(H2,25,26,27,28). The van der Waals surface area contributed by atoms with Crippen LogP contribution in [0.3, 0.4) is 0 Å². The summed E-state index contributed by atoms with van der Waals surface area (Å²) >= 11 is 1.97. The average molecular weight is 489 g/mol. The minimum absolute atomic E-state index is 0.00222. The summed E-state index contributed by atoms with van der Waals surface area (Å²) in [6.45, 7) is 3.73. The average Bonchev–Trinajstić information content (AvgIpc) is 2.78. The van der Waals surface area contributed by atoms with Crippen molar-refractivity contribution in [2.24, 2.45) is 5.14 Å². The molecule has 1 saturated heterocycles. The molecule has 2 heterocycles. The second-order valence-corrected chi connectivity index (χ2v) is 10.5. The van der Waals surface area contributed by atoms with Crippen LogP contribution in [-0.2, 0) is 10.0 Å². The predicted molar refractivity (Wildman–Crippen MR) is 130 cm³/mol. The number of hydrogen-bond acceptors (Lipinski definition) is 8. The van der Waals surface area contributed by atoms with Crippen molar-refractivity contribution in [1.29, 1.82) is 0 Å². The molecule has 1 aromatic carbocycles. The van der Waals surface area contributed by atoms with Crippen LogP contribution in [0.2, 0.25) is 0 Å². The Morgan fingerprint density at radius 2 is 1.97 bits per heavy atom. The Bertz CT molecular complexity index is 1210. The zero-order valence-electron chi connectivity index (χ0n) is 18.0. The highest BCUT2D eigenvalue weighted by Gasteiger charge is 2.15. The summed E-state index contributed by atoms with van der Waals surface area (Å²) in [4.78, 5) is 10.5. The first-order valence-electron chi connectivity index (χ1n) is 10.4. The first kappa shape index (κ1) is 23.3. The summed E-state index contributed by atoms with van der Waals surface area (Å²) < 4.78 is 37.8. The van der Waals surface area contributed by atoms with E-state index in [9.17, 15) is 12.8 Å². The topological polar surface area (TPSA) is 113 Å². The molecule has 0 atom stereocenters. The molecule has 33 heavy (non-hydrogen) atoms. The lowest BCUT2D eigenvalue weighted by Gasteiger charge is -2.25. The van der Waals surface area contributed by atoms with Gasteiger partial charge < -0.3 is 15.5 Å². The molecule has 1 aliphatic carbocycles. The number of nitrogens with zero attached hydrogens (tertiary/aromatic N) is 3. The van der Waals surface area contributed by atoms with Gasteiger partial charge in [-0.25, -0.2) is 22.9 Å². The molecule has 0 unspecified atom stereocenters. The van der Waals surface area contributed by atoms with Crippen molar-refractivity contribution in [1.82, 2.24) is 14.9 Å². The summed E-state index contributed by atoms with van der Waals surface area (Å²) in [5, 5.41) is 11.2. The summed E-state index contributed by atoms with van der Waals surface area (Å²) in [6.07, 6.45) is 11.1. The number of hydrogen-bond donors (Lipinski definition) is 3. The molecule has 11 heteroatoms. The minimum atomic E-state index is -3.87. The van der Waals surface area contributed by atoms with Gasteiger partial charge in [0.15, 0.2) is 11.6 Å². The number of benzene rings is 1. The maximum Gasteiger partial charge on any atom is 0.238 e. The van der Waals surface area contributed by atoms with E-state index in [1.807, 2.05) is 36.1 Å². The number of nitrogens with two attached hydrogens (primary N) is 1. The van der Waals surface area contributed by atoms with E-state index in [0.717, 1.165) is 36.4 Å². The lowest BCUT2D eigenvalue weighted by atomic mass is 10.1. The van der Waals surface area contributed by atoms with Gasteiger partial charge in [-0.3, -0.25) is 0 Å². The fraction of sp³-hybridized carbons (Fsp3) is 0.273. The van der Waals surface area contributed by atoms with Crippen LogP contribution in [0.15, 0.2) is 65.4 Å². The summed E-state index contributed by atoms with van der Waals surface area (Å²) in [7, 11) is -3.87. The zero-order valence-corrected chi connectivity index (χ0v) is 19.7. The first-order valence-corrected chi connectivity index (χ1v) is 13.1. The van der Waals surface area contributed by atoms with Crippen LogP contribution in [0.4, 0.5) is 21.8 Å². The zero-order chi connectivity index (χ0) is 23.4. The molecule has 2 aliphatic rings. The lowest BCUT2D eigenvalue weighted by molar-refractivity contribution is 0.415. The van der Waals surface area contributed by atoms with Crippen molar-refractivity contribution in [3.05, 3.63) is 71.9 Å². The SMILES string of the molecule is Cc1ccc(Nc2ncc(F)c(NC3C=CC(=CN4CCSCC4)C=C3)n2)cc1S(N)(=O)=O. The van der Waals surface area contributed by atoms with Crippen molar-refractivity contribution < 1.29 is 12.8 Å². The molecular formula is C22H25FN6O2S2. The van der Waals surface area contributed by atoms with E-state index >= 15 is 0 Å². The highest BCUT2D eigenvalue weighted by Crippen LogP contribution is 2.23. The van der Waals surface area contributed by atoms with Crippen LogP contribution in [-0.4, -0.2) is 53.9 Å². The molecule has 1 aliphatic heterocycles. The third kappa shape index (κ3) is 6.12. The summed E-state index contributed by atoms with van der Waals surface area (Å²) in [5.41, 5.74) is 2.04. The number of halogens is 1. The Kier molecular flexibility index (Phi) is 7.01. The molecule has 4 N–H and O–H groups in total. The van der Waals surface area contributed by atoms with Crippen molar-refractivity contribution in [3.63, 3.8) is 0 Å². The van der Waals surface area contributed by atoms with Gasteiger partial charge in [-0.05, 0) is 30.2 Å². The second-order valence-electron chi connectivity index (χ2n) is 7.71. The maximum absolute atomic E-state index is 14.3. The smallest absolute Gasteiger partial charge is 0.238 e. The Labute approximate surface area is 196 Å². The number of thioether (sulfide) groups is 1. The van der Waals surface area contributed by atoms with Crippen LogP contribution in [0.1, 0.15) is 5.56 Å². The fourth-order valence-corrected chi connectivity index (χ4v) is 5.19. The molecule has 0 saturated carbocycles. The Hall–Kier alpha value is -2.89. The molecule has 2 aromatic rings. The largest absolute Gasteiger partial charge is 0.375 e. The van der Waals surface area contributed by atoms with Gasteiger partial charge in [-0.1, -0.05) is 30.4 Å². The molecule has 0 amide bonds. The molecule has 8 nitrogen and oxygen atoms in total. The van der Waals surface area contributed by atoms with Crippen molar-refractivity contribution in [2.45, 2.75) is 17.9 Å². The predicted octanol–water partition coefficient (Wildman–Crippen LogP) is 3.15. The van der Waals surface area contributed by atoms with E-state index in [1.165, 1.54) is 6.07 Å². The number of aromatic nitrogens is 2. The molecule has 4 rings (SSSR count). The molecule has 0 radical (unpaired) electrons. The number of anilines is 3. The number of allylic oxidation sites excluding steroid dienone is 3. The van der Waals surface area contributed by atoms with Gasteiger partial charge >= 0.3 is 0 Å². The van der Waals surface area contributed by atoms with Crippen molar-refractivity contribution in [3.8, 4) is 0 Å². The normalized spacial score (nSPS) is 18.3. The molecular weight excluding hydrogens is 463 g/mol. The highest BCUT2D eigenvalue weighted by molar-refractivity contribution is 7.99. The van der Waals surface area contributed by atoms with Gasteiger partial charge in [0.1, 0.15) is 0 Å². The Morgan fingerprint density at radius 1 is 1.24 bits per heavy atom. The number of rotatable bonds is 6. The van der Waals surface area contributed by atoms with Crippen LogP contribution in [0.5, 0.6) is 0 Å². The second kappa shape index (κ2) is 9.94. The van der Waals surface area contributed by atoms with Crippen LogP contribution in [0.25, 0.3) is 0 Å². The van der Waals surface area contributed by atoms with E-state index < -0.39 is 15.8 Å². The van der Waals surface area contributed by atoms with Gasteiger partial charge in [0.2, 0.25) is 16.0 Å². The number of sulfonamides is 1. The van der Waals surface area contributed by atoms with Gasteiger partial charge in [0.25, 0.3) is 0 Å². The maximum atomic E-state index is 14.3. The summed E-state index contributed by atoms with van der Waals surface area (Å²) in [5.74, 6) is 1.83. The Balaban J connectivity index is 1.45. The number of nitrogens with one attached hydrogen (secondary N) is 2. The van der Waals surface area contributed by atoms with Crippen LogP contribution >= 0.6 is 11.8 Å². The monoisotopic (exact) mass is 488 g/mol. The fourth-order valence-electron chi connectivity index (χ4n) is 3.45. The van der Waals surface area contributed by atoms with E-state index in [-0.39, 0.29) is 22.7 Å². The van der Waals surface area contributed by atoms with Crippen molar-refractivity contribution in [2.75, 3.05) is 35.2 Å². The minimum Gasteiger partial charge on any atom is -0.375 e. The molecule has 0 bridgehead atoms. The summed E-state index contributed by atoms with van der Waals surface area (Å²) in [6, 6.07) is 4.46. The van der Waals surface area contributed by atoms with E-state index in [1.54, 1.807) is 19.1 Å². The first-order chi connectivity index (χ1) is 15.8. The number of primary sulfonamides is 1. The van der Waals surface area contributed by atoms with E-state index in [2.05, 4.69) is 31.7 Å². The quantitative estimate of drug-likeness (QED) is 0.568.